The number of methoxy groups -OCH3 is 1. The first-order chi connectivity index (χ1) is 15.2. The molecule has 1 aromatic heterocycles. The molecular weight excluding hydrogens is 429 g/mol. The lowest BCUT2D eigenvalue weighted by atomic mass is 9.95. The van der Waals surface area contributed by atoms with Crippen LogP contribution in [0.1, 0.15) is 43.3 Å². The van der Waals surface area contributed by atoms with Crippen molar-refractivity contribution in [1.82, 2.24) is 20.2 Å². The molecule has 8 nitrogen and oxygen atoms in total. The van der Waals surface area contributed by atoms with Gasteiger partial charge in [-0.15, -0.1) is 13.2 Å². The fourth-order valence-electron chi connectivity index (χ4n) is 3.75. The monoisotopic (exact) mass is 454 g/mol. The molecule has 3 rings (SSSR count). The maximum atomic E-state index is 13.3. The van der Waals surface area contributed by atoms with E-state index >= 15 is 0 Å². The van der Waals surface area contributed by atoms with Crippen molar-refractivity contribution in [3.05, 3.63) is 47.5 Å². The Balaban J connectivity index is 2.00. The number of hydrogen-bond donors (Lipinski definition) is 2. The van der Waals surface area contributed by atoms with Crippen LogP contribution in [0.15, 0.2) is 30.6 Å². The normalized spacial score (nSPS) is 17.8. The van der Waals surface area contributed by atoms with E-state index < -0.39 is 36.2 Å². The highest BCUT2D eigenvalue weighted by atomic mass is 19.4. The van der Waals surface area contributed by atoms with Crippen molar-refractivity contribution in [3.63, 3.8) is 0 Å². The van der Waals surface area contributed by atoms with Crippen molar-refractivity contribution in [2.45, 2.75) is 45.1 Å². The number of esters is 1. The zero-order valence-corrected chi connectivity index (χ0v) is 17.9. The summed E-state index contributed by atoms with van der Waals surface area (Å²) < 4.78 is 48.1. The molecule has 0 bridgehead atoms. The second-order valence-electron chi connectivity index (χ2n) is 7.53. The van der Waals surface area contributed by atoms with Crippen molar-refractivity contribution in [3.8, 4) is 5.75 Å². The number of urea groups is 1. The van der Waals surface area contributed by atoms with E-state index in [2.05, 4.69) is 20.0 Å². The van der Waals surface area contributed by atoms with Gasteiger partial charge in [-0.3, -0.25) is 0 Å². The zero-order valence-electron chi connectivity index (χ0n) is 17.9. The Morgan fingerprint density at radius 2 is 2.06 bits per heavy atom. The largest absolute Gasteiger partial charge is 0.573 e. The van der Waals surface area contributed by atoms with Gasteiger partial charge in [0, 0.05) is 24.2 Å². The molecule has 32 heavy (non-hydrogen) atoms. The van der Waals surface area contributed by atoms with Gasteiger partial charge in [0.2, 0.25) is 0 Å². The number of nitrogens with one attached hydrogen (secondary N) is 2. The number of nitrogens with zero attached hydrogens (tertiary/aromatic N) is 2. The molecule has 1 aliphatic heterocycles. The Labute approximate surface area is 183 Å². The molecule has 11 heteroatoms. The average molecular weight is 454 g/mol. The first kappa shape index (κ1) is 23.4. The lowest BCUT2D eigenvalue weighted by molar-refractivity contribution is -0.275. The third-order valence-electron chi connectivity index (χ3n) is 5.57. The standard InChI is InChI=1S/C21H25F3N4O4/c1-4-12(2)16(19(29)31-3)27-20(30)28-10-9-14-17(26-11-25-14)18(28)13-7-5-6-8-15(13)32-21(22,23)24/h5-8,11-12,16,18H,4,9-10H2,1-3H3,(H,25,26)(H,27,30)/t12-,16+,18-/m1/s1. The van der Waals surface area contributed by atoms with Gasteiger partial charge in [-0.25, -0.2) is 14.6 Å². The van der Waals surface area contributed by atoms with Gasteiger partial charge >= 0.3 is 18.4 Å². The first-order valence-corrected chi connectivity index (χ1v) is 10.2. The molecule has 2 heterocycles. The fraction of sp³-hybridized carbons (Fsp3) is 0.476. The highest BCUT2D eigenvalue weighted by Crippen LogP contribution is 2.39. The number of alkyl halides is 3. The molecule has 1 aliphatic rings. The molecule has 3 atom stereocenters. The third-order valence-corrected chi connectivity index (χ3v) is 5.57. The Bertz CT molecular complexity index is 963. The molecule has 0 unspecified atom stereocenters. The maximum Gasteiger partial charge on any atom is 0.573 e. The predicted molar refractivity (Wildman–Crippen MR) is 108 cm³/mol. The van der Waals surface area contributed by atoms with Crippen LogP contribution in [0.5, 0.6) is 5.75 Å². The smallest absolute Gasteiger partial charge is 0.467 e. The molecule has 0 radical (unpaired) electrons. The minimum absolute atomic E-state index is 0.131. The van der Waals surface area contributed by atoms with Crippen LogP contribution in [-0.4, -0.2) is 52.9 Å². The molecular formula is C21H25F3N4O4. The van der Waals surface area contributed by atoms with Crippen LogP contribution in [0.4, 0.5) is 18.0 Å². The number of amides is 2. The van der Waals surface area contributed by atoms with Crippen LogP contribution in [0, 0.1) is 5.92 Å². The topological polar surface area (TPSA) is 96.5 Å². The van der Waals surface area contributed by atoms with E-state index in [9.17, 15) is 22.8 Å². The van der Waals surface area contributed by atoms with E-state index in [0.717, 1.165) is 0 Å². The van der Waals surface area contributed by atoms with Crippen molar-refractivity contribution in [1.29, 1.82) is 0 Å². The summed E-state index contributed by atoms with van der Waals surface area (Å²) in [4.78, 5) is 34.1. The van der Waals surface area contributed by atoms with Crippen LogP contribution in [0.3, 0.4) is 0 Å². The number of rotatable bonds is 6. The third kappa shape index (κ3) is 4.97. The Kier molecular flexibility index (Phi) is 6.95. The second kappa shape index (κ2) is 9.49. The number of para-hydroxylation sites is 1. The van der Waals surface area contributed by atoms with Gasteiger partial charge < -0.3 is 24.7 Å². The van der Waals surface area contributed by atoms with Gasteiger partial charge in [0.25, 0.3) is 0 Å². The van der Waals surface area contributed by atoms with E-state index in [-0.39, 0.29) is 18.0 Å². The number of aromatic amines is 1. The minimum Gasteiger partial charge on any atom is -0.467 e. The van der Waals surface area contributed by atoms with Crippen LogP contribution in [0.25, 0.3) is 0 Å². The van der Waals surface area contributed by atoms with Gasteiger partial charge in [-0.05, 0) is 12.0 Å². The first-order valence-electron chi connectivity index (χ1n) is 10.2. The lowest BCUT2D eigenvalue weighted by Gasteiger charge is -2.37. The van der Waals surface area contributed by atoms with Crippen LogP contribution < -0.4 is 10.1 Å². The van der Waals surface area contributed by atoms with Crippen molar-refractivity contribution < 1.29 is 32.2 Å². The highest BCUT2D eigenvalue weighted by molar-refractivity contribution is 5.84. The Hall–Kier alpha value is -3.24. The number of H-pyrrole nitrogens is 1. The van der Waals surface area contributed by atoms with Crippen molar-refractivity contribution >= 4 is 12.0 Å². The summed E-state index contributed by atoms with van der Waals surface area (Å²) in [7, 11) is 1.23. The van der Waals surface area contributed by atoms with E-state index in [0.29, 0.717) is 24.2 Å². The van der Waals surface area contributed by atoms with E-state index in [4.69, 9.17) is 4.74 Å². The lowest BCUT2D eigenvalue weighted by Crippen LogP contribution is -2.53. The van der Waals surface area contributed by atoms with Crippen molar-refractivity contribution in [2.24, 2.45) is 5.92 Å². The summed E-state index contributed by atoms with van der Waals surface area (Å²) in [6.07, 6.45) is -2.44. The van der Waals surface area contributed by atoms with Crippen LogP contribution in [0.2, 0.25) is 0 Å². The zero-order chi connectivity index (χ0) is 23.5. The van der Waals surface area contributed by atoms with E-state index in [1.807, 2.05) is 6.92 Å². The number of halogens is 3. The molecule has 174 valence electrons. The number of imidazole rings is 1. The number of aromatic nitrogens is 2. The fourth-order valence-corrected chi connectivity index (χ4v) is 3.75. The number of ether oxygens (including phenoxy) is 2. The van der Waals surface area contributed by atoms with Gasteiger partial charge in [-0.2, -0.15) is 0 Å². The Morgan fingerprint density at radius 3 is 2.72 bits per heavy atom. The summed E-state index contributed by atoms with van der Waals surface area (Å²) in [6.45, 7) is 3.87. The van der Waals surface area contributed by atoms with Gasteiger partial charge in [0.15, 0.2) is 0 Å². The molecule has 2 N–H and O–H groups in total. The average Bonchev–Trinajstić information content (AvgIpc) is 3.24. The number of carbonyl (C=O) groups is 2. The SMILES string of the molecule is CC[C@@H](C)[C@H](NC(=O)N1CCc2[nH]cnc2[C@H]1c1ccccc1OC(F)(F)F)C(=O)OC. The summed E-state index contributed by atoms with van der Waals surface area (Å²) in [5.74, 6) is -1.23. The van der Waals surface area contributed by atoms with Crippen LogP contribution >= 0.6 is 0 Å². The molecule has 2 amide bonds. The summed E-state index contributed by atoms with van der Waals surface area (Å²) in [5.41, 5.74) is 1.27. The predicted octanol–water partition coefficient (Wildman–Crippen LogP) is 3.55. The molecule has 2 aromatic rings. The minimum atomic E-state index is -4.90. The molecule has 0 saturated heterocycles. The molecule has 0 aliphatic carbocycles. The summed E-state index contributed by atoms with van der Waals surface area (Å²) in [5, 5.41) is 2.69. The van der Waals surface area contributed by atoms with Gasteiger partial charge in [-0.1, -0.05) is 38.5 Å². The number of hydrogen-bond acceptors (Lipinski definition) is 5. The molecule has 0 saturated carbocycles. The number of carbonyl (C=O) groups excluding carboxylic acids is 2. The van der Waals surface area contributed by atoms with E-state index in [1.54, 1.807) is 13.0 Å². The van der Waals surface area contributed by atoms with Gasteiger partial charge in [0.1, 0.15) is 17.8 Å². The molecule has 0 fully saturated rings. The number of fused-ring (bicyclic) bond motifs is 1. The second-order valence-corrected chi connectivity index (χ2v) is 7.53. The Morgan fingerprint density at radius 1 is 1.34 bits per heavy atom. The number of benzene rings is 1. The van der Waals surface area contributed by atoms with Crippen molar-refractivity contribution in [2.75, 3.05) is 13.7 Å². The van der Waals surface area contributed by atoms with Gasteiger partial charge in [0.05, 0.1) is 19.1 Å². The summed E-state index contributed by atoms with van der Waals surface area (Å²) in [6, 6.07) is 3.17. The quantitative estimate of drug-likeness (QED) is 0.651. The highest BCUT2D eigenvalue weighted by Gasteiger charge is 2.40. The molecule has 1 aromatic carbocycles. The molecule has 0 spiro atoms. The van der Waals surface area contributed by atoms with Crippen LogP contribution in [-0.2, 0) is 16.0 Å². The maximum absolute atomic E-state index is 13.3. The summed E-state index contributed by atoms with van der Waals surface area (Å²) >= 11 is 0. The van der Waals surface area contributed by atoms with E-state index in [1.165, 1.54) is 36.5 Å².